The van der Waals surface area contributed by atoms with Gasteiger partial charge in [0.15, 0.2) is 0 Å². The van der Waals surface area contributed by atoms with Gasteiger partial charge >= 0.3 is 0 Å². The fourth-order valence-corrected chi connectivity index (χ4v) is 2.59. The second-order valence-corrected chi connectivity index (χ2v) is 5.72. The molecule has 2 heterocycles. The van der Waals surface area contributed by atoms with Gasteiger partial charge in [0.1, 0.15) is 17.5 Å². The standard InChI is InChI=1S/C15H24N4O/c1-3-16-13-10(2)14(17-9-12-5-4-8-20-12)19-15(18-13)11-6-7-11/h11-12H,3-9H2,1-2H3,(H2,16,17,18,19). The molecule has 20 heavy (non-hydrogen) atoms. The molecule has 0 aromatic carbocycles. The summed E-state index contributed by atoms with van der Waals surface area (Å²) in [5.74, 6) is 3.49. The van der Waals surface area contributed by atoms with E-state index in [-0.39, 0.29) is 0 Å². The molecule has 1 aromatic rings. The summed E-state index contributed by atoms with van der Waals surface area (Å²) in [6.07, 6.45) is 5.09. The number of rotatable bonds is 6. The van der Waals surface area contributed by atoms with Crippen molar-refractivity contribution in [1.82, 2.24) is 9.97 Å². The van der Waals surface area contributed by atoms with Crippen LogP contribution in [-0.4, -0.2) is 35.8 Å². The molecule has 2 fully saturated rings. The molecule has 1 atom stereocenters. The molecule has 1 aromatic heterocycles. The van der Waals surface area contributed by atoms with Crippen LogP contribution in [0.15, 0.2) is 0 Å². The topological polar surface area (TPSA) is 59.1 Å². The third-order valence-electron chi connectivity index (χ3n) is 3.97. The minimum atomic E-state index is 0.330. The molecule has 1 saturated carbocycles. The summed E-state index contributed by atoms with van der Waals surface area (Å²) in [6, 6.07) is 0. The van der Waals surface area contributed by atoms with Crippen LogP contribution in [-0.2, 0) is 4.74 Å². The predicted molar refractivity (Wildman–Crippen MR) is 80.4 cm³/mol. The van der Waals surface area contributed by atoms with Crippen molar-refractivity contribution < 1.29 is 4.74 Å². The zero-order chi connectivity index (χ0) is 13.9. The van der Waals surface area contributed by atoms with E-state index in [1.54, 1.807) is 0 Å². The number of nitrogens with zero attached hydrogens (tertiary/aromatic N) is 2. The Balaban J connectivity index is 1.76. The molecule has 5 heteroatoms. The highest BCUT2D eigenvalue weighted by molar-refractivity contribution is 5.57. The van der Waals surface area contributed by atoms with Crippen molar-refractivity contribution >= 4 is 11.6 Å². The number of anilines is 2. The normalized spacial score (nSPS) is 22.0. The van der Waals surface area contributed by atoms with Crippen molar-refractivity contribution in [2.75, 3.05) is 30.3 Å². The van der Waals surface area contributed by atoms with Crippen molar-refractivity contribution in [2.45, 2.75) is 51.6 Å². The van der Waals surface area contributed by atoms with Gasteiger partial charge in [-0.3, -0.25) is 0 Å². The van der Waals surface area contributed by atoms with E-state index >= 15 is 0 Å². The highest BCUT2D eigenvalue weighted by Gasteiger charge is 2.28. The first kappa shape index (κ1) is 13.6. The molecule has 0 bridgehead atoms. The minimum absolute atomic E-state index is 0.330. The molecule has 1 saturated heterocycles. The fourth-order valence-electron chi connectivity index (χ4n) is 2.59. The maximum atomic E-state index is 5.66. The van der Waals surface area contributed by atoms with E-state index < -0.39 is 0 Å². The van der Waals surface area contributed by atoms with Gasteiger partial charge in [0.25, 0.3) is 0 Å². The molecule has 0 amide bonds. The van der Waals surface area contributed by atoms with E-state index in [0.717, 1.165) is 49.1 Å². The van der Waals surface area contributed by atoms with Gasteiger partial charge in [-0.05, 0) is 39.5 Å². The van der Waals surface area contributed by atoms with Crippen LogP contribution < -0.4 is 10.6 Å². The Kier molecular flexibility index (Phi) is 4.05. The lowest BCUT2D eigenvalue weighted by atomic mass is 10.2. The van der Waals surface area contributed by atoms with E-state index in [4.69, 9.17) is 9.72 Å². The van der Waals surface area contributed by atoms with Crippen LogP contribution in [0.1, 0.15) is 49.9 Å². The molecule has 1 aliphatic carbocycles. The van der Waals surface area contributed by atoms with Gasteiger partial charge in [-0.15, -0.1) is 0 Å². The van der Waals surface area contributed by atoms with E-state index in [2.05, 4.69) is 29.5 Å². The summed E-state index contributed by atoms with van der Waals surface area (Å²) >= 11 is 0. The van der Waals surface area contributed by atoms with Crippen LogP contribution >= 0.6 is 0 Å². The van der Waals surface area contributed by atoms with Crippen LogP contribution in [0.25, 0.3) is 0 Å². The predicted octanol–water partition coefficient (Wildman–Crippen LogP) is 2.69. The third-order valence-corrected chi connectivity index (χ3v) is 3.97. The van der Waals surface area contributed by atoms with E-state index in [1.807, 2.05) is 0 Å². The average molecular weight is 276 g/mol. The monoisotopic (exact) mass is 276 g/mol. The fraction of sp³-hybridized carbons (Fsp3) is 0.733. The number of ether oxygens (including phenoxy) is 1. The first-order valence-electron chi connectivity index (χ1n) is 7.75. The van der Waals surface area contributed by atoms with E-state index in [1.165, 1.54) is 19.3 Å². The number of aromatic nitrogens is 2. The van der Waals surface area contributed by atoms with Crippen molar-refractivity contribution in [1.29, 1.82) is 0 Å². The largest absolute Gasteiger partial charge is 0.376 e. The van der Waals surface area contributed by atoms with Crippen molar-refractivity contribution in [3.8, 4) is 0 Å². The van der Waals surface area contributed by atoms with Gasteiger partial charge in [0, 0.05) is 31.2 Å². The highest BCUT2D eigenvalue weighted by Crippen LogP contribution is 2.39. The SMILES string of the molecule is CCNc1nc(C2CC2)nc(NCC2CCCO2)c1C. The summed E-state index contributed by atoms with van der Waals surface area (Å²) < 4.78 is 5.66. The Bertz CT molecular complexity index is 467. The Labute approximate surface area is 120 Å². The smallest absolute Gasteiger partial charge is 0.136 e. The Hall–Kier alpha value is -1.36. The quantitative estimate of drug-likeness (QED) is 0.836. The minimum Gasteiger partial charge on any atom is -0.376 e. The molecular weight excluding hydrogens is 252 g/mol. The van der Waals surface area contributed by atoms with Gasteiger partial charge in [-0.1, -0.05) is 0 Å². The van der Waals surface area contributed by atoms with Crippen LogP contribution in [0.4, 0.5) is 11.6 Å². The maximum Gasteiger partial charge on any atom is 0.136 e. The summed E-state index contributed by atoms with van der Waals surface area (Å²) in [5, 5.41) is 6.81. The number of hydrogen-bond acceptors (Lipinski definition) is 5. The van der Waals surface area contributed by atoms with Crippen molar-refractivity contribution in [3.05, 3.63) is 11.4 Å². The molecule has 110 valence electrons. The average Bonchev–Trinajstić information content (AvgIpc) is 3.17. The summed E-state index contributed by atoms with van der Waals surface area (Å²) in [4.78, 5) is 9.39. The van der Waals surface area contributed by atoms with Crippen LogP contribution in [0.3, 0.4) is 0 Å². The van der Waals surface area contributed by atoms with Gasteiger partial charge in [0.2, 0.25) is 0 Å². The molecular formula is C15H24N4O. The molecule has 0 radical (unpaired) electrons. The lowest BCUT2D eigenvalue weighted by Crippen LogP contribution is -2.20. The second-order valence-electron chi connectivity index (χ2n) is 5.72. The molecule has 1 unspecified atom stereocenters. The lowest BCUT2D eigenvalue weighted by Gasteiger charge is -2.16. The van der Waals surface area contributed by atoms with Crippen molar-refractivity contribution in [2.24, 2.45) is 0 Å². The van der Waals surface area contributed by atoms with Crippen LogP contribution in [0, 0.1) is 6.92 Å². The Morgan fingerprint density at radius 1 is 1.15 bits per heavy atom. The maximum absolute atomic E-state index is 5.66. The third kappa shape index (κ3) is 3.03. The van der Waals surface area contributed by atoms with Gasteiger partial charge in [-0.2, -0.15) is 0 Å². The second kappa shape index (κ2) is 5.95. The molecule has 3 rings (SSSR count). The van der Waals surface area contributed by atoms with Crippen LogP contribution in [0.2, 0.25) is 0 Å². The molecule has 5 nitrogen and oxygen atoms in total. The first-order chi connectivity index (χ1) is 9.78. The summed E-state index contributed by atoms with van der Waals surface area (Å²) in [5.41, 5.74) is 1.11. The zero-order valence-corrected chi connectivity index (χ0v) is 12.4. The number of nitrogens with one attached hydrogen (secondary N) is 2. The molecule has 0 spiro atoms. The summed E-state index contributed by atoms with van der Waals surface area (Å²) in [6.45, 7) is 6.79. The van der Waals surface area contributed by atoms with E-state index in [9.17, 15) is 0 Å². The summed E-state index contributed by atoms with van der Waals surface area (Å²) in [7, 11) is 0. The zero-order valence-electron chi connectivity index (χ0n) is 12.4. The van der Waals surface area contributed by atoms with Crippen molar-refractivity contribution in [3.63, 3.8) is 0 Å². The first-order valence-corrected chi connectivity index (χ1v) is 7.75. The van der Waals surface area contributed by atoms with Gasteiger partial charge < -0.3 is 15.4 Å². The van der Waals surface area contributed by atoms with Gasteiger partial charge in [0.05, 0.1) is 6.10 Å². The number of hydrogen-bond donors (Lipinski definition) is 2. The Morgan fingerprint density at radius 2 is 1.90 bits per heavy atom. The highest BCUT2D eigenvalue weighted by atomic mass is 16.5. The molecule has 2 N–H and O–H groups in total. The Morgan fingerprint density at radius 3 is 2.50 bits per heavy atom. The lowest BCUT2D eigenvalue weighted by molar-refractivity contribution is 0.120. The van der Waals surface area contributed by atoms with Crippen LogP contribution in [0.5, 0.6) is 0 Å². The molecule has 2 aliphatic rings. The molecule has 1 aliphatic heterocycles. The van der Waals surface area contributed by atoms with E-state index in [0.29, 0.717) is 12.0 Å². The van der Waals surface area contributed by atoms with Gasteiger partial charge in [-0.25, -0.2) is 9.97 Å².